The lowest BCUT2D eigenvalue weighted by molar-refractivity contribution is 0.0834. The van der Waals surface area contributed by atoms with Crippen LogP contribution in [0.25, 0.3) is 0 Å². The Bertz CT molecular complexity index is 411. The fourth-order valence-electron chi connectivity index (χ4n) is 2.59. The summed E-state index contributed by atoms with van der Waals surface area (Å²) in [7, 11) is 0. The van der Waals surface area contributed by atoms with Crippen molar-refractivity contribution in [3.8, 4) is 5.75 Å². The summed E-state index contributed by atoms with van der Waals surface area (Å²) in [6, 6.07) is 6.39. The summed E-state index contributed by atoms with van der Waals surface area (Å²) in [4.78, 5) is 5.00. The molecule has 1 N–H and O–H groups in total. The van der Waals surface area contributed by atoms with Crippen LogP contribution in [0.5, 0.6) is 5.75 Å². The Morgan fingerprint density at radius 3 is 2.78 bits per heavy atom. The number of phenolic OH excluding ortho intramolecular Hbond substituents is 1. The van der Waals surface area contributed by atoms with Crippen LogP contribution in [0.1, 0.15) is 19.4 Å². The maximum Gasteiger partial charge on any atom is 0.129 e. The van der Waals surface area contributed by atoms with Crippen molar-refractivity contribution in [3.63, 3.8) is 0 Å². The molecule has 1 fully saturated rings. The van der Waals surface area contributed by atoms with Gasteiger partial charge in [0.2, 0.25) is 0 Å². The van der Waals surface area contributed by atoms with E-state index >= 15 is 0 Å². The van der Waals surface area contributed by atoms with Gasteiger partial charge < -0.3 is 5.11 Å². The molecule has 0 aliphatic carbocycles. The van der Waals surface area contributed by atoms with E-state index in [2.05, 4.69) is 39.6 Å². The van der Waals surface area contributed by atoms with Gasteiger partial charge in [0.05, 0.1) is 4.47 Å². The van der Waals surface area contributed by atoms with Crippen LogP contribution in [-0.2, 0) is 6.54 Å². The molecule has 4 heteroatoms. The summed E-state index contributed by atoms with van der Waals surface area (Å²) in [6.07, 6.45) is 0. The molecule has 0 aromatic heterocycles. The van der Waals surface area contributed by atoms with Crippen LogP contribution in [0, 0.1) is 0 Å². The molecule has 1 aromatic rings. The first-order valence-corrected chi connectivity index (χ1v) is 7.33. The van der Waals surface area contributed by atoms with Gasteiger partial charge in [-0.3, -0.25) is 9.80 Å². The van der Waals surface area contributed by atoms with Crippen LogP contribution in [0.15, 0.2) is 22.7 Å². The summed E-state index contributed by atoms with van der Waals surface area (Å²) in [5.74, 6) is 0.308. The van der Waals surface area contributed by atoms with Gasteiger partial charge in [0.15, 0.2) is 0 Å². The maximum absolute atomic E-state index is 9.49. The van der Waals surface area contributed by atoms with E-state index < -0.39 is 0 Å². The third-order valence-electron chi connectivity index (χ3n) is 3.67. The minimum absolute atomic E-state index is 0.308. The molecule has 0 bridgehead atoms. The normalized spacial score (nSPS) is 22.3. The highest BCUT2D eigenvalue weighted by atomic mass is 79.9. The number of piperazine rings is 1. The molecule has 1 heterocycles. The van der Waals surface area contributed by atoms with E-state index in [1.807, 2.05) is 12.1 Å². The van der Waals surface area contributed by atoms with Gasteiger partial charge in [-0.05, 0) is 47.1 Å². The molecule has 0 amide bonds. The van der Waals surface area contributed by atoms with Gasteiger partial charge >= 0.3 is 0 Å². The standard InChI is InChI=1S/C14H21BrN2O/c1-3-17-7-6-16(9-11(17)2)10-12-4-5-14(18)13(15)8-12/h4-5,8,11,18H,3,6-7,9-10H2,1-2H3. The van der Waals surface area contributed by atoms with Gasteiger partial charge in [-0.2, -0.15) is 0 Å². The van der Waals surface area contributed by atoms with Crippen LogP contribution >= 0.6 is 15.9 Å². The Kier molecular flexibility index (Phi) is 4.65. The van der Waals surface area contributed by atoms with Crippen molar-refractivity contribution in [2.24, 2.45) is 0 Å². The molecule has 1 unspecified atom stereocenters. The second-order valence-corrected chi connectivity index (χ2v) is 5.85. The van der Waals surface area contributed by atoms with Crippen LogP contribution in [0.2, 0.25) is 0 Å². The van der Waals surface area contributed by atoms with E-state index in [0.717, 1.165) is 37.2 Å². The zero-order chi connectivity index (χ0) is 13.1. The maximum atomic E-state index is 9.49. The molecule has 0 radical (unpaired) electrons. The lowest BCUT2D eigenvalue weighted by Gasteiger charge is -2.39. The Balaban J connectivity index is 1.96. The molecule has 0 spiro atoms. The average molecular weight is 313 g/mol. The number of hydrogen-bond acceptors (Lipinski definition) is 3. The van der Waals surface area contributed by atoms with Gasteiger partial charge in [-0.1, -0.05) is 13.0 Å². The highest BCUT2D eigenvalue weighted by Gasteiger charge is 2.22. The van der Waals surface area contributed by atoms with Crippen molar-refractivity contribution in [2.75, 3.05) is 26.2 Å². The van der Waals surface area contributed by atoms with Crippen molar-refractivity contribution in [3.05, 3.63) is 28.2 Å². The smallest absolute Gasteiger partial charge is 0.129 e. The van der Waals surface area contributed by atoms with Crippen molar-refractivity contribution in [2.45, 2.75) is 26.4 Å². The van der Waals surface area contributed by atoms with Crippen molar-refractivity contribution >= 4 is 15.9 Å². The minimum Gasteiger partial charge on any atom is -0.507 e. The molecule has 3 nitrogen and oxygen atoms in total. The fourth-order valence-corrected chi connectivity index (χ4v) is 3.02. The van der Waals surface area contributed by atoms with E-state index in [0.29, 0.717) is 11.8 Å². The van der Waals surface area contributed by atoms with Crippen molar-refractivity contribution < 1.29 is 5.11 Å². The second kappa shape index (κ2) is 6.04. The van der Waals surface area contributed by atoms with Crippen molar-refractivity contribution in [1.29, 1.82) is 0 Å². The third kappa shape index (κ3) is 3.25. The van der Waals surface area contributed by atoms with Crippen LogP contribution in [-0.4, -0.2) is 47.1 Å². The number of phenols is 1. The number of nitrogens with zero attached hydrogens (tertiary/aromatic N) is 2. The average Bonchev–Trinajstić information content (AvgIpc) is 2.34. The van der Waals surface area contributed by atoms with Crippen molar-refractivity contribution in [1.82, 2.24) is 9.80 Å². The quantitative estimate of drug-likeness (QED) is 0.929. The minimum atomic E-state index is 0.308. The molecule has 1 atom stereocenters. The predicted octanol–water partition coefficient (Wildman–Crippen LogP) is 2.68. The number of benzene rings is 1. The highest BCUT2D eigenvalue weighted by molar-refractivity contribution is 9.10. The SMILES string of the molecule is CCN1CCN(Cc2ccc(O)c(Br)c2)CC1C. The van der Waals surface area contributed by atoms with Gasteiger partial charge in [0, 0.05) is 32.2 Å². The molecule has 1 saturated heterocycles. The Hall–Kier alpha value is -0.580. The van der Waals surface area contributed by atoms with Crippen LogP contribution in [0.3, 0.4) is 0 Å². The van der Waals surface area contributed by atoms with Crippen LogP contribution < -0.4 is 0 Å². The second-order valence-electron chi connectivity index (χ2n) is 5.00. The van der Waals surface area contributed by atoms with Gasteiger partial charge in [-0.15, -0.1) is 0 Å². The van der Waals surface area contributed by atoms with E-state index in [4.69, 9.17) is 0 Å². The van der Waals surface area contributed by atoms with E-state index in [1.165, 1.54) is 5.56 Å². The molecule has 18 heavy (non-hydrogen) atoms. The first-order chi connectivity index (χ1) is 8.60. The predicted molar refractivity (Wildman–Crippen MR) is 77.8 cm³/mol. The van der Waals surface area contributed by atoms with E-state index in [1.54, 1.807) is 6.07 Å². The molecular weight excluding hydrogens is 292 g/mol. The highest BCUT2D eigenvalue weighted by Crippen LogP contribution is 2.25. The van der Waals surface area contributed by atoms with E-state index in [-0.39, 0.29) is 0 Å². The summed E-state index contributed by atoms with van der Waals surface area (Å²) >= 11 is 3.37. The molecule has 0 saturated carbocycles. The lowest BCUT2D eigenvalue weighted by atomic mass is 10.1. The summed E-state index contributed by atoms with van der Waals surface area (Å²) in [5, 5.41) is 9.49. The molecule has 100 valence electrons. The number of likely N-dealkylation sites (N-methyl/N-ethyl adjacent to an activating group) is 1. The first kappa shape index (κ1) is 13.8. The van der Waals surface area contributed by atoms with Gasteiger partial charge in [0.1, 0.15) is 5.75 Å². The monoisotopic (exact) mass is 312 g/mol. The number of halogens is 1. The number of aromatic hydroxyl groups is 1. The summed E-state index contributed by atoms with van der Waals surface area (Å²) < 4.78 is 0.778. The van der Waals surface area contributed by atoms with Gasteiger partial charge in [-0.25, -0.2) is 0 Å². The van der Waals surface area contributed by atoms with E-state index in [9.17, 15) is 5.11 Å². The molecule has 1 aromatic carbocycles. The Labute approximate surface area is 118 Å². The lowest BCUT2D eigenvalue weighted by Crippen LogP contribution is -2.51. The Morgan fingerprint density at radius 2 is 2.17 bits per heavy atom. The molecular formula is C14H21BrN2O. The number of rotatable bonds is 3. The first-order valence-electron chi connectivity index (χ1n) is 6.54. The van der Waals surface area contributed by atoms with Gasteiger partial charge in [0.25, 0.3) is 0 Å². The molecule has 2 rings (SSSR count). The summed E-state index contributed by atoms with van der Waals surface area (Å²) in [5.41, 5.74) is 1.25. The topological polar surface area (TPSA) is 26.7 Å². The Morgan fingerprint density at radius 1 is 1.39 bits per heavy atom. The molecule has 1 aliphatic heterocycles. The number of hydrogen-bond donors (Lipinski definition) is 1. The molecule has 1 aliphatic rings. The summed E-state index contributed by atoms with van der Waals surface area (Å²) in [6.45, 7) is 10.0. The zero-order valence-corrected chi connectivity index (χ0v) is 12.7. The third-order valence-corrected chi connectivity index (χ3v) is 4.31. The largest absolute Gasteiger partial charge is 0.507 e. The van der Waals surface area contributed by atoms with Crippen LogP contribution in [0.4, 0.5) is 0 Å². The zero-order valence-electron chi connectivity index (χ0n) is 11.1. The fraction of sp³-hybridized carbons (Fsp3) is 0.571.